The van der Waals surface area contributed by atoms with Crippen molar-refractivity contribution in [3.63, 3.8) is 0 Å². The second-order valence-electron chi connectivity index (χ2n) is 6.29. The maximum Gasteiger partial charge on any atom is 0.416 e. The molecule has 0 aliphatic heterocycles. The molecule has 0 bridgehead atoms. The minimum atomic E-state index is -4.37. The number of rotatable bonds is 4. The van der Waals surface area contributed by atoms with Crippen LogP contribution in [0.3, 0.4) is 0 Å². The highest BCUT2D eigenvalue weighted by atomic mass is 19.4. The van der Waals surface area contributed by atoms with Gasteiger partial charge >= 0.3 is 6.18 Å². The molecule has 1 aliphatic rings. The van der Waals surface area contributed by atoms with Gasteiger partial charge in [-0.2, -0.15) is 13.2 Å². The molecule has 2 N–H and O–H groups in total. The number of alkyl halides is 3. The summed E-state index contributed by atoms with van der Waals surface area (Å²) >= 11 is 0. The Balaban J connectivity index is 1.85. The van der Waals surface area contributed by atoms with Crippen LogP contribution in [0.2, 0.25) is 0 Å². The molecule has 1 aromatic carbocycles. The third-order valence-corrected chi connectivity index (χ3v) is 4.79. The molecule has 1 heterocycles. The number of nitrogens with zero attached hydrogens (tertiary/aromatic N) is 2. The summed E-state index contributed by atoms with van der Waals surface area (Å²) in [5.41, 5.74) is 0.0306. The van der Waals surface area contributed by atoms with Gasteiger partial charge < -0.3 is 15.0 Å². The fourth-order valence-electron chi connectivity index (χ4n) is 3.29. The Hall–Kier alpha value is -1.60. The van der Waals surface area contributed by atoms with E-state index < -0.39 is 11.7 Å². The zero-order chi connectivity index (χ0) is 16.7. The minimum Gasteiger partial charge on any atom is -0.394 e. The first-order chi connectivity index (χ1) is 10.8. The fraction of sp³-hybridized carbons (Fsp3) is 0.562. The summed E-state index contributed by atoms with van der Waals surface area (Å²) in [4.78, 5) is 4.33. The number of benzene rings is 1. The molecule has 23 heavy (non-hydrogen) atoms. The van der Waals surface area contributed by atoms with E-state index in [1.54, 1.807) is 11.6 Å². The minimum absolute atomic E-state index is 0.0646. The Bertz CT molecular complexity index is 702. The largest absolute Gasteiger partial charge is 0.416 e. The first kappa shape index (κ1) is 16.3. The van der Waals surface area contributed by atoms with Crippen molar-refractivity contribution in [3.05, 3.63) is 29.6 Å². The summed E-state index contributed by atoms with van der Waals surface area (Å²) in [5, 5.41) is 13.0. The second kappa shape index (κ2) is 5.79. The highest BCUT2D eigenvalue weighted by molar-refractivity contribution is 5.77. The molecule has 126 valence electrons. The molecule has 2 aromatic rings. The molecule has 0 spiro atoms. The van der Waals surface area contributed by atoms with E-state index in [-0.39, 0.29) is 12.1 Å². The molecule has 1 saturated carbocycles. The van der Waals surface area contributed by atoms with Crippen LogP contribution in [0.15, 0.2) is 18.2 Å². The van der Waals surface area contributed by atoms with Gasteiger partial charge in [-0.1, -0.05) is 12.8 Å². The molecule has 7 heteroatoms. The maximum atomic E-state index is 12.8. The fourth-order valence-corrected chi connectivity index (χ4v) is 3.29. The standard InChI is InChI=1S/C16H20F3N3O/c1-22-13-5-4-11(16(17,18)19)8-12(13)21-14(22)9-20-15(10-23)6-2-3-7-15/h4-5,8,20,23H,2-3,6-7,9-10H2,1H3. The smallest absolute Gasteiger partial charge is 0.394 e. The van der Waals surface area contributed by atoms with Gasteiger partial charge in [0.2, 0.25) is 0 Å². The van der Waals surface area contributed by atoms with Gasteiger partial charge in [0.25, 0.3) is 0 Å². The first-order valence-electron chi connectivity index (χ1n) is 7.73. The lowest BCUT2D eigenvalue weighted by Crippen LogP contribution is -2.45. The van der Waals surface area contributed by atoms with Crippen molar-refractivity contribution in [3.8, 4) is 0 Å². The number of hydrogen-bond acceptors (Lipinski definition) is 3. The molecule has 0 unspecified atom stereocenters. The van der Waals surface area contributed by atoms with Crippen LogP contribution in [0.5, 0.6) is 0 Å². The molecule has 1 fully saturated rings. The average molecular weight is 327 g/mol. The van der Waals surface area contributed by atoms with Crippen LogP contribution in [-0.2, 0) is 19.8 Å². The van der Waals surface area contributed by atoms with Crippen molar-refractivity contribution in [2.45, 2.75) is 43.9 Å². The van der Waals surface area contributed by atoms with Crippen molar-refractivity contribution in [2.75, 3.05) is 6.61 Å². The van der Waals surface area contributed by atoms with Gasteiger partial charge in [0, 0.05) is 12.6 Å². The zero-order valence-corrected chi connectivity index (χ0v) is 13.0. The van der Waals surface area contributed by atoms with Crippen LogP contribution in [0.1, 0.15) is 37.1 Å². The van der Waals surface area contributed by atoms with Crippen LogP contribution in [0.4, 0.5) is 13.2 Å². The number of imidazole rings is 1. The van der Waals surface area contributed by atoms with Gasteiger partial charge in [0.05, 0.1) is 29.7 Å². The molecule has 0 saturated heterocycles. The number of hydrogen-bond donors (Lipinski definition) is 2. The quantitative estimate of drug-likeness (QED) is 0.908. The molecule has 0 atom stereocenters. The third-order valence-electron chi connectivity index (χ3n) is 4.79. The van der Waals surface area contributed by atoms with Crippen LogP contribution < -0.4 is 5.32 Å². The second-order valence-corrected chi connectivity index (χ2v) is 6.29. The number of aryl methyl sites for hydroxylation is 1. The summed E-state index contributed by atoms with van der Waals surface area (Å²) in [6.07, 6.45) is -0.400. The lowest BCUT2D eigenvalue weighted by Gasteiger charge is -2.27. The van der Waals surface area contributed by atoms with Gasteiger partial charge in [-0.05, 0) is 31.0 Å². The number of aliphatic hydroxyl groups is 1. The molecule has 3 rings (SSSR count). The Kier molecular flexibility index (Phi) is 4.10. The average Bonchev–Trinajstić information content (AvgIpc) is 3.10. The number of fused-ring (bicyclic) bond motifs is 1. The number of aromatic nitrogens is 2. The van der Waals surface area contributed by atoms with Crippen molar-refractivity contribution >= 4 is 11.0 Å². The van der Waals surface area contributed by atoms with E-state index in [1.807, 2.05) is 0 Å². The van der Waals surface area contributed by atoms with Crippen molar-refractivity contribution in [2.24, 2.45) is 7.05 Å². The van der Waals surface area contributed by atoms with E-state index in [0.29, 0.717) is 23.4 Å². The predicted octanol–water partition coefficient (Wildman–Crippen LogP) is 2.99. The summed E-state index contributed by atoms with van der Waals surface area (Å²) in [6, 6.07) is 3.61. The highest BCUT2D eigenvalue weighted by Gasteiger charge is 2.33. The predicted molar refractivity (Wildman–Crippen MR) is 80.8 cm³/mol. The summed E-state index contributed by atoms with van der Waals surface area (Å²) in [6.45, 7) is 0.488. The van der Waals surface area contributed by atoms with Crippen molar-refractivity contribution < 1.29 is 18.3 Å². The third kappa shape index (κ3) is 3.07. The number of nitrogens with one attached hydrogen (secondary N) is 1. The number of aliphatic hydroxyl groups excluding tert-OH is 1. The Morgan fingerprint density at radius 3 is 2.61 bits per heavy atom. The van der Waals surface area contributed by atoms with Crippen molar-refractivity contribution in [1.82, 2.24) is 14.9 Å². The normalized spacial score (nSPS) is 18.0. The first-order valence-corrected chi connectivity index (χ1v) is 7.73. The lowest BCUT2D eigenvalue weighted by atomic mass is 9.99. The summed E-state index contributed by atoms with van der Waals surface area (Å²) in [7, 11) is 1.79. The molecule has 0 radical (unpaired) electrons. The van der Waals surface area contributed by atoms with Crippen LogP contribution in [-0.4, -0.2) is 26.8 Å². The van der Waals surface area contributed by atoms with E-state index in [9.17, 15) is 18.3 Å². The van der Waals surface area contributed by atoms with Gasteiger partial charge in [0.1, 0.15) is 5.82 Å². The lowest BCUT2D eigenvalue weighted by molar-refractivity contribution is -0.137. The zero-order valence-electron chi connectivity index (χ0n) is 13.0. The molecular formula is C16H20F3N3O. The van der Waals surface area contributed by atoms with E-state index >= 15 is 0 Å². The molecular weight excluding hydrogens is 307 g/mol. The molecule has 0 amide bonds. The van der Waals surface area contributed by atoms with E-state index in [0.717, 1.165) is 37.8 Å². The van der Waals surface area contributed by atoms with Gasteiger partial charge in [-0.15, -0.1) is 0 Å². The summed E-state index contributed by atoms with van der Waals surface area (Å²) in [5.74, 6) is 0.666. The molecule has 1 aliphatic carbocycles. The van der Waals surface area contributed by atoms with Crippen LogP contribution >= 0.6 is 0 Å². The van der Waals surface area contributed by atoms with Gasteiger partial charge in [0.15, 0.2) is 0 Å². The van der Waals surface area contributed by atoms with E-state index in [4.69, 9.17) is 0 Å². The topological polar surface area (TPSA) is 50.1 Å². The van der Waals surface area contributed by atoms with Gasteiger partial charge in [-0.25, -0.2) is 4.98 Å². The molecule has 4 nitrogen and oxygen atoms in total. The van der Waals surface area contributed by atoms with Gasteiger partial charge in [-0.3, -0.25) is 0 Å². The van der Waals surface area contributed by atoms with E-state index in [2.05, 4.69) is 10.3 Å². The van der Waals surface area contributed by atoms with Crippen LogP contribution in [0.25, 0.3) is 11.0 Å². The number of halogens is 3. The van der Waals surface area contributed by atoms with Crippen molar-refractivity contribution in [1.29, 1.82) is 0 Å². The maximum absolute atomic E-state index is 12.8. The van der Waals surface area contributed by atoms with E-state index in [1.165, 1.54) is 6.07 Å². The Labute approximate surface area is 132 Å². The Morgan fingerprint density at radius 1 is 1.30 bits per heavy atom. The monoisotopic (exact) mass is 327 g/mol. The highest BCUT2D eigenvalue weighted by Crippen LogP contribution is 2.32. The van der Waals surface area contributed by atoms with Crippen LogP contribution in [0, 0.1) is 0 Å². The summed E-state index contributed by atoms with van der Waals surface area (Å²) < 4.78 is 40.2. The Morgan fingerprint density at radius 2 is 2.00 bits per heavy atom. The molecule has 1 aromatic heterocycles. The SMILES string of the molecule is Cn1c(CNC2(CO)CCCC2)nc2cc(C(F)(F)F)ccc21.